The van der Waals surface area contributed by atoms with Crippen LogP contribution in [0, 0.1) is 5.82 Å². The Kier molecular flexibility index (Phi) is 5.16. The van der Waals surface area contributed by atoms with Crippen molar-refractivity contribution in [3.8, 4) is 0 Å². The molecule has 0 bridgehead atoms. The van der Waals surface area contributed by atoms with E-state index < -0.39 is 0 Å². The van der Waals surface area contributed by atoms with Gasteiger partial charge in [-0.2, -0.15) is 0 Å². The minimum atomic E-state index is -0.386. The molecule has 1 aromatic heterocycles. The quantitative estimate of drug-likeness (QED) is 0.901. The second kappa shape index (κ2) is 7.32. The summed E-state index contributed by atoms with van der Waals surface area (Å²) < 4.78 is 15.9. The van der Waals surface area contributed by atoms with Crippen molar-refractivity contribution in [1.29, 1.82) is 0 Å². The van der Waals surface area contributed by atoms with Gasteiger partial charge in [-0.25, -0.2) is 9.37 Å². The van der Waals surface area contributed by atoms with Crippen LogP contribution in [0.3, 0.4) is 0 Å². The lowest BCUT2D eigenvalue weighted by Crippen LogP contribution is -2.35. The fraction of sp³-hybridized carbons (Fsp3) is 0.412. The molecule has 24 heavy (non-hydrogen) atoms. The second-order valence-electron chi connectivity index (χ2n) is 6.17. The van der Waals surface area contributed by atoms with E-state index in [1.165, 1.54) is 0 Å². The summed E-state index contributed by atoms with van der Waals surface area (Å²) >= 11 is 5.86. The molecule has 1 amide bonds. The first-order valence-corrected chi connectivity index (χ1v) is 8.37. The molecule has 128 valence electrons. The van der Waals surface area contributed by atoms with Crippen molar-refractivity contribution in [3.05, 3.63) is 52.8 Å². The molecular formula is C17H20ClFN4O. The van der Waals surface area contributed by atoms with Gasteiger partial charge in [0.2, 0.25) is 5.91 Å². The molecule has 1 saturated heterocycles. The Balaban J connectivity index is 1.72. The smallest absolute Gasteiger partial charge is 0.237 e. The van der Waals surface area contributed by atoms with Crippen LogP contribution in [-0.2, 0) is 17.9 Å². The largest absolute Gasteiger partial charge is 0.368 e. The first-order chi connectivity index (χ1) is 11.5. The van der Waals surface area contributed by atoms with Crippen molar-refractivity contribution in [3.63, 3.8) is 0 Å². The lowest BCUT2D eigenvalue weighted by Gasteiger charge is -2.32. The average Bonchev–Trinajstić information content (AvgIpc) is 2.99. The molecule has 1 aromatic carbocycles. The van der Waals surface area contributed by atoms with Gasteiger partial charge in [-0.1, -0.05) is 23.7 Å². The van der Waals surface area contributed by atoms with Crippen molar-refractivity contribution < 1.29 is 9.18 Å². The SMILES string of the molecule is NC(=O)Cn1ccnc1[C@@H]1CCCN(Cc2cccc(Cl)c2F)C1. The van der Waals surface area contributed by atoms with Gasteiger partial charge in [0, 0.05) is 37.0 Å². The molecule has 0 radical (unpaired) electrons. The first kappa shape index (κ1) is 16.9. The number of piperidine rings is 1. The van der Waals surface area contributed by atoms with E-state index in [-0.39, 0.29) is 29.2 Å². The summed E-state index contributed by atoms with van der Waals surface area (Å²) in [4.78, 5) is 17.8. The number of nitrogens with two attached hydrogens (primary N) is 1. The van der Waals surface area contributed by atoms with Crippen LogP contribution in [0.25, 0.3) is 0 Å². The first-order valence-electron chi connectivity index (χ1n) is 7.99. The minimum absolute atomic E-state index is 0.134. The van der Waals surface area contributed by atoms with E-state index in [9.17, 15) is 9.18 Å². The number of halogens is 2. The standard InChI is InChI=1S/C17H20ClFN4O/c18-14-5-1-3-12(16(14)19)9-22-7-2-4-13(10-22)17-21-6-8-23(17)11-15(20)24/h1,3,5-6,8,13H,2,4,7,9-11H2,(H2,20,24)/t13-/m1/s1. The third-order valence-electron chi connectivity index (χ3n) is 4.37. The summed E-state index contributed by atoms with van der Waals surface area (Å²) in [5.74, 6) is 0.333. The number of rotatable bonds is 5. The Bertz CT molecular complexity index is 733. The molecule has 1 fully saturated rings. The summed E-state index contributed by atoms with van der Waals surface area (Å²) in [6.07, 6.45) is 5.45. The summed E-state index contributed by atoms with van der Waals surface area (Å²) in [5, 5.41) is 0.151. The number of imidazole rings is 1. The molecule has 0 spiro atoms. The van der Waals surface area contributed by atoms with Crippen molar-refractivity contribution in [2.45, 2.75) is 31.8 Å². The highest BCUT2D eigenvalue weighted by molar-refractivity contribution is 6.30. The Hall–Kier alpha value is -1.92. The van der Waals surface area contributed by atoms with Gasteiger partial charge >= 0.3 is 0 Å². The van der Waals surface area contributed by atoms with Crippen LogP contribution < -0.4 is 5.73 Å². The number of benzene rings is 1. The molecule has 2 N–H and O–H groups in total. The summed E-state index contributed by atoms with van der Waals surface area (Å²) in [6, 6.07) is 5.08. The van der Waals surface area contributed by atoms with Crippen molar-refractivity contribution in [2.24, 2.45) is 5.73 Å². The molecular weight excluding hydrogens is 331 g/mol. The lowest BCUT2D eigenvalue weighted by molar-refractivity contribution is -0.118. The fourth-order valence-electron chi connectivity index (χ4n) is 3.30. The predicted molar refractivity (Wildman–Crippen MR) is 90.1 cm³/mol. The number of carbonyl (C=O) groups excluding carboxylic acids is 1. The van der Waals surface area contributed by atoms with E-state index >= 15 is 0 Å². The van der Waals surface area contributed by atoms with E-state index in [1.807, 2.05) is 0 Å². The van der Waals surface area contributed by atoms with Gasteiger partial charge in [-0.3, -0.25) is 9.69 Å². The van der Waals surface area contributed by atoms with Gasteiger partial charge in [-0.15, -0.1) is 0 Å². The monoisotopic (exact) mass is 350 g/mol. The Morgan fingerprint density at radius 2 is 2.29 bits per heavy atom. The zero-order valence-electron chi connectivity index (χ0n) is 13.3. The van der Waals surface area contributed by atoms with Crippen LogP contribution in [0.2, 0.25) is 5.02 Å². The number of nitrogens with zero attached hydrogens (tertiary/aromatic N) is 3. The number of hydrogen-bond donors (Lipinski definition) is 1. The number of amides is 1. The molecule has 2 aromatic rings. The highest BCUT2D eigenvalue weighted by atomic mass is 35.5. The van der Waals surface area contributed by atoms with Crippen LogP contribution in [0.15, 0.2) is 30.6 Å². The average molecular weight is 351 g/mol. The molecule has 2 heterocycles. The van der Waals surface area contributed by atoms with Gasteiger partial charge < -0.3 is 10.3 Å². The summed E-state index contributed by atoms with van der Waals surface area (Å²) in [6.45, 7) is 2.31. The molecule has 1 atom stereocenters. The zero-order chi connectivity index (χ0) is 17.1. The van der Waals surface area contributed by atoms with Crippen molar-refractivity contribution >= 4 is 17.5 Å². The van der Waals surface area contributed by atoms with Crippen LogP contribution in [0.4, 0.5) is 4.39 Å². The van der Waals surface area contributed by atoms with E-state index in [0.29, 0.717) is 12.1 Å². The van der Waals surface area contributed by atoms with Gasteiger partial charge in [0.05, 0.1) is 5.02 Å². The van der Waals surface area contributed by atoms with Crippen LogP contribution in [0.5, 0.6) is 0 Å². The Labute approximate surface area is 145 Å². The molecule has 0 unspecified atom stereocenters. The van der Waals surface area contributed by atoms with Gasteiger partial charge in [0.15, 0.2) is 0 Å². The number of carbonyl (C=O) groups is 1. The third kappa shape index (κ3) is 3.76. The number of primary amides is 1. The number of aromatic nitrogens is 2. The van der Waals surface area contributed by atoms with Crippen LogP contribution in [0.1, 0.15) is 30.1 Å². The molecule has 7 heteroatoms. The third-order valence-corrected chi connectivity index (χ3v) is 4.66. The van der Waals surface area contributed by atoms with E-state index in [4.69, 9.17) is 17.3 Å². The molecule has 1 aliphatic rings. The van der Waals surface area contributed by atoms with Gasteiger partial charge in [0.1, 0.15) is 18.2 Å². The number of likely N-dealkylation sites (tertiary alicyclic amines) is 1. The van der Waals surface area contributed by atoms with E-state index in [1.54, 1.807) is 35.2 Å². The predicted octanol–water partition coefficient (Wildman–Crippen LogP) is 2.54. The van der Waals surface area contributed by atoms with Crippen LogP contribution in [-0.4, -0.2) is 33.4 Å². The van der Waals surface area contributed by atoms with E-state index in [0.717, 1.165) is 31.8 Å². The molecule has 0 aliphatic carbocycles. The molecule has 1 aliphatic heterocycles. The highest BCUT2D eigenvalue weighted by Gasteiger charge is 2.25. The fourth-order valence-corrected chi connectivity index (χ4v) is 3.50. The molecule has 0 saturated carbocycles. The zero-order valence-corrected chi connectivity index (χ0v) is 14.0. The lowest BCUT2D eigenvalue weighted by atomic mass is 9.96. The van der Waals surface area contributed by atoms with Crippen LogP contribution >= 0.6 is 11.6 Å². The summed E-state index contributed by atoms with van der Waals surface area (Å²) in [5.41, 5.74) is 5.89. The molecule has 5 nitrogen and oxygen atoms in total. The Morgan fingerprint density at radius 3 is 3.08 bits per heavy atom. The van der Waals surface area contributed by atoms with Crippen molar-refractivity contribution in [1.82, 2.24) is 14.5 Å². The highest BCUT2D eigenvalue weighted by Crippen LogP contribution is 2.28. The van der Waals surface area contributed by atoms with Gasteiger partial charge in [0.25, 0.3) is 0 Å². The van der Waals surface area contributed by atoms with Gasteiger partial charge in [-0.05, 0) is 25.5 Å². The second-order valence-corrected chi connectivity index (χ2v) is 6.57. The topological polar surface area (TPSA) is 64.2 Å². The summed E-state index contributed by atoms with van der Waals surface area (Å²) in [7, 11) is 0. The Morgan fingerprint density at radius 1 is 1.46 bits per heavy atom. The molecule has 3 rings (SSSR count). The minimum Gasteiger partial charge on any atom is -0.368 e. The maximum atomic E-state index is 14.1. The van der Waals surface area contributed by atoms with Crippen molar-refractivity contribution in [2.75, 3.05) is 13.1 Å². The number of hydrogen-bond acceptors (Lipinski definition) is 3. The maximum Gasteiger partial charge on any atom is 0.237 e. The normalized spacial score (nSPS) is 18.7. The van der Waals surface area contributed by atoms with E-state index in [2.05, 4.69) is 9.88 Å². The maximum absolute atomic E-state index is 14.1.